The van der Waals surface area contributed by atoms with Crippen molar-refractivity contribution >= 4 is 17.8 Å². The second kappa shape index (κ2) is 8.05. The summed E-state index contributed by atoms with van der Waals surface area (Å²) in [5, 5.41) is 0. The molecule has 0 saturated carbocycles. The van der Waals surface area contributed by atoms with Crippen LogP contribution in [0.3, 0.4) is 0 Å². The van der Waals surface area contributed by atoms with Crippen LogP contribution in [-0.2, 0) is 11.2 Å². The van der Waals surface area contributed by atoms with Crippen LogP contribution in [0.15, 0.2) is 29.8 Å². The first-order chi connectivity index (χ1) is 13.3. The summed E-state index contributed by atoms with van der Waals surface area (Å²) in [4.78, 5) is 34.2. The molecule has 1 aromatic carbocycles. The number of fused-ring (bicyclic) bond motifs is 1. The topological polar surface area (TPSA) is 69.2 Å². The molecular weight excluding hydrogens is 352 g/mol. The monoisotopic (exact) mass is 378 g/mol. The van der Waals surface area contributed by atoms with Gasteiger partial charge >= 0.3 is 5.97 Å². The van der Waals surface area contributed by atoms with Crippen LogP contribution in [0.5, 0.6) is 0 Å². The Hall–Kier alpha value is -2.82. The number of benzene rings is 1. The predicted molar refractivity (Wildman–Crippen MR) is 109 cm³/mol. The average Bonchev–Trinajstić information content (AvgIpc) is 2.69. The maximum Gasteiger partial charge on any atom is 0.337 e. The fraction of sp³-hybridized carbons (Fsp3) is 0.391. The van der Waals surface area contributed by atoms with Gasteiger partial charge in [0, 0.05) is 5.57 Å². The smallest absolute Gasteiger partial charge is 0.337 e. The number of carbonyl (C=O) groups is 2. The Labute approximate surface area is 165 Å². The van der Waals surface area contributed by atoms with Crippen LogP contribution in [0.2, 0.25) is 0 Å². The molecule has 1 aromatic heterocycles. The number of methoxy groups -OCH3 is 1. The first-order valence-corrected chi connectivity index (χ1v) is 9.66. The Morgan fingerprint density at radius 1 is 1.00 bits per heavy atom. The first-order valence-electron chi connectivity index (χ1n) is 9.66. The number of ketones is 1. The van der Waals surface area contributed by atoms with Crippen molar-refractivity contribution in [1.29, 1.82) is 0 Å². The molecule has 0 fully saturated rings. The molecule has 2 aromatic rings. The lowest BCUT2D eigenvalue weighted by molar-refractivity contribution is 0.0600. The van der Waals surface area contributed by atoms with Gasteiger partial charge in [0.25, 0.3) is 0 Å². The van der Waals surface area contributed by atoms with Crippen LogP contribution in [0.25, 0.3) is 6.08 Å². The lowest BCUT2D eigenvalue weighted by atomic mass is 9.90. The van der Waals surface area contributed by atoms with E-state index in [0.717, 1.165) is 28.2 Å². The molecule has 0 saturated heterocycles. The quantitative estimate of drug-likeness (QED) is 0.569. The molecule has 0 unspecified atom stereocenters. The molecule has 3 rings (SSSR count). The van der Waals surface area contributed by atoms with E-state index < -0.39 is 0 Å². The van der Waals surface area contributed by atoms with Crippen molar-refractivity contribution in [3.63, 3.8) is 0 Å². The van der Waals surface area contributed by atoms with Crippen molar-refractivity contribution in [2.45, 2.75) is 52.4 Å². The lowest BCUT2D eigenvalue weighted by Gasteiger charge is -2.21. The molecule has 0 atom stereocenters. The van der Waals surface area contributed by atoms with Gasteiger partial charge in [0.15, 0.2) is 0 Å². The molecule has 146 valence electrons. The van der Waals surface area contributed by atoms with Gasteiger partial charge in [-0.25, -0.2) is 9.78 Å². The largest absolute Gasteiger partial charge is 0.465 e. The summed E-state index contributed by atoms with van der Waals surface area (Å²) in [6.07, 6.45) is 3.22. The fourth-order valence-corrected chi connectivity index (χ4v) is 3.39. The third-order valence-corrected chi connectivity index (χ3v) is 4.93. The van der Waals surface area contributed by atoms with Crippen LogP contribution < -0.4 is 0 Å². The van der Waals surface area contributed by atoms with E-state index in [1.807, 2.05) is 18.2 Å². The molecule has 1 heterocycles. The molecule has 0 amide bonds. The van der Waals surface area contributed by atoms with Crippen molar-refractivity contribution in [1.82, 2.24) is 9.97 Å². The maximum absolute atomic E-state index is 13.1. The minimum absolute atomic E-state index is 0.0528. The summed E-state index contributed by atoms with van der Waals surface area (Å²) >= 11 is 0. The number of aryl methyl sites for hydroxylation is 1. The van der Waals surface area contributed by atoms with Crippen LogP contribution in [0, 0.1) is 0 Å². The Morgan fingerprint density at radius 3 is 2.18 bits per heavy atom. The second-order valence-corrected chi connectivity index (χ2v) is 7.71. The number of rotatable bonds is 4. The molecule has 0 N–H and O–H groups in total. The minimum atomic E-state index is -0.376. The van der Waals surface area contributed by atoms with Gasteiger partial charge in [-0.1, -0.05) is 39.8 Å². The predicted octanol–water partition coefficient (Wildman–Crippen LogP) is 4.72. The lowest BCUT2D eigenvalue weighted by Crippen LogP contribution is -2.21. The molecule has 0 spiro atoms. The first kappa shape index (κ1) is 19.9. The van der Waals surface area contributed by atoms with E-state index >= 15 is 0 Å². The standard InChI is InChI=1S/C23H26N2O3/c1-13(2)19-20(14(3)4)25-21-18(24-19)11-10-17(22(21)26)12-15-6-8-16(9-7-15)23(27)28-5/h6-9,12-14H,10-11H2,1-5H3. The van der Waals surface area contributed by atoms with Crippen molar-refractivity contribution in [2.75, 3.05) is 7.11 Å². The van der Waals surface area contributed by atoms with E-state index in [1.165, 1.54) is 7.11 Å². The highest BCUT2D eigenvalue weighted by molar-refractivity contribution is 6.11. The molecule has 5 nitrogen and oxygen atoms in total. The van der Waals surface area contributed by atoms with E-state index in [0.29, 0.717) is 24.1 Å². The van der Waals surface area contributed by atoms with Crippen LogP contribution in [0.4, 0.5) is 0 Å². The number of allylic oxidation sites excluding steroid dienone is 1. The fourth-order valence-electron chi connectivity index (χ4n) is 3.39. The van der Waals surface area contributed by atoms with Gasteiger partial charge in [0.05, 0.1) is 29.8 Å². The van der Waals surface area contributed by atoms with Gasteiger partial charge in [-0.3, -0.25) is 9.78 Å². The molecular formula is C23H26N2O3. The molecule has 1 aliphatic rings. The normalized spacial score (nSPS) is 15.2. The van der Waals surface area contributed by atoms with Gasteiger partial charge in [0.2, 0.25) is 5.78 Å². The number of esters is 1. The molecule has 5 heteroatoms. The highest BCUT2D eigenvalue weighted by Gasteiger charge is 2.27. The Bertz CT molecular complexity index is 941. The third kappa shape index (κ3) is 3.88. The van der Waals surface area contributed by atoms with Gasteiger partial charge in [-0.15, -0.1) is 0 Å². The van der Waals surface area contributed by atoms with Gasteiger partial charge in [-0.05, 0) is 48.4 Å². The zero-order valence-corrected chi connectivity index (χ0v) is 17.1. The van der Waals surface area contributed by atoms with Crippen LogP contribution in [-0.4, -0.2) is 28.8 Å². The molecule has 28 heavy (non-hydrogen) atoms. The molecule has 0 aliphatic heterocycles. The Kier molecular flexibility index (Phi) is 5.73. The van der Waals surface area contributed by atoms with Gasteiger partial charge in [-0.2, -0.15) is 0 Å². The molecule has 0 bridgehead atoms. The Morgan fingerprint density at radius 2 is 1.61 bits per heavy atom. The number of hydrogen-bond acceptors (Lipinski definition) is 5. The maximum atomic E-state index is 13.1. The SMILES string of the molecule is COC(=O)c1ccc(C=C2CCc3nc(C(C)C)c(C(C)C)nc3C2=O)cc1. The number of nitrogens with zero attached hydrogens (tertiary/aromatic N) is 2. The summed E-state index contributed by atoms with van der Waals surface area (Å²) in [7, 11) is 1.35. The van der Waals surface area contributed by atoms with Crippen molar-refractivity contribution < 1.29 is 14.3 Å². The second-order valence-electron chi connectivity index (χ2n) is 7.71. The number of ether oxygens (including phenoxy) is 1. The number of aromatic nitrogens is 2. The summed E-state index contributed by atoms with van der Waals surface area (Å²) in [6, 6.07) is 7.03. The highest BCUT2D eigenvalue weighted by atomic mass is 16.5. The minimum Gasteiger partial charge on any atom is -0.465 e. The number of hydrogen-bond donors (Lipinski definition) is 0. The summed E-state index contributed by atoms with van der Waals surface area (Å²) in [5.74, 6) is 0.0566. The van der Waals surface area contributed by atoms with Crippen molar-refractivity contribution in [2.24, 2.45) is 0 Å². The van der Waals surface area contributed by atoms with E-state index in [-0.39, 0.29) is 23.6 Å². The summed E-state index contributed by atoms with van der Waals surface area (Å²) < 4.78 is 4.72. The molecule has 1 aliphatic carbocycles. The summed E-state index contributed by atoms with van der Waals surface area (Å²) in [5.41, 5.74) is 5.26. The van der Waals surface area contributed by atoms with E-state index in [2.05, 4.69) is 27.7 Å². The zero-order valence-electron chi connectivity index (χ0n) is 17.1. The van der Waals surface area contributed by atoms with E-state index in [4.69, 9.17) is 14.7 Å². The zero-order chi connectivity index (χ0) is 20.4. The highest BCUT2D eigenvalue weighted by Crippen LogP contribution is 2.30. The van der Waals surface area contributed by atoms with Gasteiger partial charge in [0.1, 0.15) is 5.69 Å². The number of Topliss-reactive ketones (excluding diaryl/α,β-unsaturated/α-hetero) is 1. The van der Waals surface area contributed by atoms with Crippen LogP contribution >= 0.6 is 0 Å². The Balaban J connectivity index is 1.95. The average molecular weight is 378 g/mol. The van der Waals surface area contributed by atoms with Crippen LogP contribution in [0.1, 0.15) is 89.4 Å². The molecule has 0 radical (unpaired) electrons. The number of carbonyl (C=O) groups excluding carboxylic acids is 2. The third-order valence-electron chi connectivity index (χ3n) is 4.93. The van der Waals surface area contributed by atoms with E-state index in [1.54, 1.807) is 12.1 Å². The summed E-state index contributed by atoms with van der Waals surface area (Å²) in [6.45, 7) is 8.37. The van der Waals surface area contributed by atoms with Gasteiger partial charge < -0.3 is 4.74 Å². The van der Waals surface area contributed by atoms with E-state index in [9.17, 15) is 9.59 Å². The van der Waals surface area contributed by atoms with Crippen molar-refractivity contribution in [3.05, 3.63) is 63.7 Å². The van der Waals surface area contributed by atoms with Crippen molar-refractivity contribution in [3.8, 4) is 0 Å².